The second-order valence-corrected chi connectivity index (χ2v) is 8.74. The Hall–Kier alpha value is -3.04. The summed E-state index contributed by atoms with van der Waals surface area (Å²) < 4.78 is 6.39. The number of halogens is 1. The van der Waals surface area contributed by atoms with E-state index in [1.165, 1.54) is 6.92 Å². The van der Waals surface area contributed by atoms with Crippen molar-refractivity contribution in [3.63, 3.8) is 0 Å². The number of rotatable bonds is 6. The van der Waals surface area contributed by atoms with Crippen LogP contribution in [0.4, 0.5) is 11.4 Å². The molecular weight excluding hydrogens is 474 g/mol. The third-order valence-electron chi connectivity index (χ3n) is 5.34. The van der Waals surface area contributed by atoms with Crippen LogP contribution in [0.2, 0.25) is 0 Å². The fraction of sp³-hybridized carbons (Fsp3) is 0.304. The van der Waals surface area contributed by atoms with Gasteiger partial charge in [-0.3, -0.25) is 14.5 Å². The summed E-state index contributed by atoms with van der Waals surface area (Å²) >= 11 is 3.45. The van der Waals surface area contributed by atoms with Crippen LogP contribution in [0.3, 0.4) is 0 Å². The second-order valence-electron chi connectivity index (χ2n) is 7.82. The molecule has 2 aromatic carbocycles. The molecule has 0 saturated carbocycles. The zero-order chi connectivity index (χ0) is 22.5. The van der Waals surface area contributed by atoms with Crippen molar-refractivity contribution in [2.45, 2.75) is 26.3 Å². The Morgan fingerprint density at radius 2 is 1.78 bits per heavy atom. The maximum absolute atomic E-state index is 12.6. The highest BCUT2D eigenvalue weighted by Gasteiger charge is 2.26. The molecule has 1 aliphatic rings. The molecule has 9 heteroatoms. The highest BCUT2D eigenvalue weighted by atomic mass is 79.9. The van der Waals surface area contributed by atoms with E-state index in [0.29, 0.717) is 23.9 Å². The van der Waals surface area contributed by atoms with Crippen molar-refractivity contribution in [1.29, 1.82) is 0 Å². The summed E-state index contributed by atoms with van der Waals surface area (Å²) in [5.41, 5.74) is 2.32. The van der Waals surface area contributed by atoms with Gasteiger partial charge in [-0.15, -0.1) is 0 Å². The largest absolute Gasteiger partial charge is 0.338 e. The van der Waals surface area contributed by atoms with Crippen LogP contribution in [0.5, 0.6) is 0 Å². The number of carbonyl (C=O) groups excluding carboxylic acids is 2. The Morgan fingerprint density at radius 3 is 2.44 bits per heavy atom. The molecule has 0 unspecified atom stereocenters. The summed E-state index contributed by atoms with van der Waals surface area (Å²) in [6.45, 7) is 3.60. The van der Waals surface area contributed by atoms with Crippen LogP contribution in [-0.2, 0) is 16.1 Å². The molecule has 8 nitrogen and oxygen atoms in total. The zero-order valence-corrected chi connectivity index (χ0v) is 19.3. The molecule has 1 fully saturated rings. The zero-order valence-electron chi connectivity index (χ0n) is 17.7. The van der Waals surface area contributed by atoms with Crippen molar-refractivity contribution in [2.75, 3.05) is 23.7 Å². The van der Waals surface area contributed by atoms with E-state index in [1.54, 1.807) is 24.3 Å². The number of piperidine rings is 1. The summed E-state index contributed by atoms with van der Waals surface area (Å²) in [7, 11) is 0. The van der Waals surface area contributed by atoms with Gasteiger partial charge in [-0.2, -0.15) is 4.98 Å². The maximum atomic E-state index is 12.6. The minimum Gasteiger partial charge on any atom is -0.338 e. The highest BCUT2D eigenvalue weighted by molar-refractivity contribution is 9.10. The van der Waals surface area contributed by atoms with Gasteiger partial charge in [-0.25, -0.2) is 0 Å². The molecule has 0 bridgehead atoms. The molecule has 4 rings (SSSR count). The number of anilines is 2. The number of likely N-dealkylation sites (tertiary alicyclic amines) is 1. The number of hydrogen-bond donors (Lipinski definition) is 2. The predicted molar refractivity (Wildman–Crippen MR) is 125 cm³/mol. The first-order chi connectivity index (χ1) is 15.5. The van der Waals surface area contributed by atoms with Gasteiger partial charge in [0.2, 0.25) is 23.5 Å². The predicted octanol–water partition coefficient (Wildman–Crippen LogP) is 4.31. The highest BCUT2D eigenvalue weighted by Crippen LogP contribution is 2.23. The summed E-state index contributed by atoms with van der Waals surface area (Å²) in [6.07, 6.45) is 1.53. The van der Waals surface area contributed by atoms with Crippen LogP contribution in [0.25, 0.3) is 11.4 Å². The Morgan fingerprint density at radius 1 is 1.09 bits per heavy atom. The quantitative estimate of drug-likeness (QED) is 0.526. The Bertz CT molecular complexity index is 1090. The molecule has 1 aliphatic heterocycles. The fourth-order valence-corrected chi connectivity index (χ4v) is 4.09. The van der Waals surface area contributed by atoms with Gasteiger partial charge in [0.25, 0.3) is 0 Å². The van der Waals surface area contributed by atoms with E-state index in [4.69, 9.17) is 4.52 Å². The van der Waals surface area contributed by atoms with Crippen molar-refractivity contribution in [1.82, 2.24) is 15.0 Å². The first-order valence-electron chi connectivity index (χ1n) is 10.5. The molecule has 2 amide bonds. The van der Waals surface area contributed by atoms with Crippen LogP contribution in [0, 0.1) is 5.92 Å². The Balaban J connectivity index is 1.26. The monoisotopic (exact) mass is 497 g/mol. The van der Waals surface area contributed by atoms with Crippen molar-refractivity contribution in [3.8, 4) is 11.4 Å². The lowest BCUT2D eigenvalue weighted by molar-refractivity contribution is -0.121. The molecular formula is C23H24BrN5O3. The van der Waals surface area contributed by atoms with E-state index in [-0.39, 0.29) is 17.7 Å². The molecule has 0 atom stereocenters. The van der Waals surface area contributed by atoms with E-state index >= 15 is 0 Å². The average molecular weight is 498 g/mol. The number of aromatic nitrogens is 2. The number of hydrogen-bond acceptors (Lipinski definition) is 6. The Kier molecular flexibility index (Phi) is 6.96. The maximum Gasteiger partial charge on any atom is 0.241 e. The van der Waals surface area contributed by atoms with Gasteiger partial charge >= 0.3 is 0 Å². The van der Waals surface area contributed by atoms with Crippen LogP contribution < -0.4 is 10.6 Å². The minimum atomic E-state index is -0.126. The molecule has 2 heterocycles. The van der Waals surface area contributed by atoms with Gasteiger partial charge in [-0.05, 0) is 62.3 Å². The van der Waals surface area contributed by atoms with Gasteiger partial charge in [0.15, 0.2) is 0 Å². The molecule has 2 N–H and O–H groups in total. The van der Waals surface area contributed by atoms with Crippen molar-refractivity contribution >= 4 is 39.1 Å². The molecule has 166 valence electrons. The summed E-state index contributed by atoms with van der Waals surface area (Å²) in [5.74, 6) is 0.994. The first kappa shape index (κ1) is 22.2. The van der Waals surface area contributed by atoms with Gasteiger partial charge in [-0.1, -0.05) is 33.2 Å². The fourth-order valence-electron chi connectivity index (χ4n) is 3.69. The van der Waals surface area contributed by atoms with E-state index in [2.05, 4.69) is 41.6 Å². The summed E-state index contributed by atoms with van der Waals surface area (Å²) in [5, 5.41) is 9.76. The van der Waals surface area contributed by atoms with Crippen LogP contribution in [0.1, 0.15) is 25.7 Å². The standard InChI is InChI=1S/C23H24BrN5O3/c1-15(30)25-19-5-7-20(8-6-19)26-23(31)16-9-11-29(12-10-16)14-21-27-22(28-32-21)17-3-2-4-18(24)13-17/h2-8,13,16H,9-12,14H2,1H3,(H,25,30)(H,26,31). The van der Waals surface area contributed by atoms with Crippen molar-refractivity contribution in [2.24, 2.45) is 5.92 Å². The molecule has 0 radical (unpaired) electrons. The van der Waals surface area contributed by atoms with Crippen molar-refractivity contribution < 1.29 is 14.1 Å². The third kappa shape index (κ3) is 5.80. The van der Waals surface area contributed by atoms with Gasteiger partial charge < -0.3 is 15.2 Å². The number of carbonyl (C=O) groups is 2. The van der Waals surface area contributed by atoms with E-state index in [1.807, 2.05) is 24.3 Å². The first-order valence-corrected chi connectivity index (χ1v) is 11.2. The lowest BCUT2D eigenvalue weighted by Gasteiger charge is -2.30. The molecule has 3 aromatic rings. The molecule has 1 aromatic heterocycles. The molecule has 32 heavy (non-hydrogen) atoms. The van der Waals surface area contributed by atoms with Crippen molar-refractivity contribution in [3.05, 3.63) is 58.9 Å². The normalized spacial score (nSPS) is 14.8. The topological polar surface area (TPSA) is 100 Å². The molecule has 1 saturated heterocycles. The summed E-state index contributed by atoms with van der Waals surface area (Å²) in [6, 6.07) is 14.9. The van der Waals surface area contributed by atoms with E-state index in [0.717, 1.165) is 41.7 Å². The van der Waals surface area contributed by atoms with Crippen LogP contribution >= 0.6 is 15.9 Å². The van der Waals surface area contributed by atoms with Crippen LogP contribution in [0.15, 0.2) is 57.5 Å². The van der Waals surface area contributed by atoms with Gasteiger partial charge in [0.1, 0.15) is 0 Å². The number of benzene rings is 2. The van der Waals surface area contributed by atoms with Gasteiger partial charge in [0.05, 0.1) is 6.54 Å². The van der Waals surface area contributed by atoms with Crippen LogP contribution in [-0.4, -0.2) is 39.9 Å². The third-order valence-corrected chi connectivity index (χ3v) is 5.83. The number of amides is 2. The van der Waals surface area contributed by atoms with E-state index in [9.17, 15) is 9.59 Å². The molecule has 0 aliphatic carbocycles. The molecule has 0 spiro atoms. The minimum absolute atomic E-state index is 0.0201. The van der Waals surface area contributed by atoms with Gasteiger partial charge in [0, 0.05) is 34.3 Å². The summed E-state index contributed by atoms with van der Waals surface area (Å²) in [4.78, 5) is 30.5. The van der Waals surface area contributed by atoms with E-state index < -0.39 is 0 Å². The lowest BCUT2D eigenvalue weighted by atomic mass is 9.96. The lowest BCUT2D eigenvalue weighted by Crippen LogP contribution is -2.37. The SMILES string of the molecule is CC(=O)Nc1ccc(NC(=O)C2CCN(Cc3nc(-c4cccc(Br)c4)no3)CC2)cc1. The number of nitrogens with one attached hydrogen (secondary N) is 2. The number of nitrogens with zero attached hydrogens (tertiary/aromatic N) is 3. The smallest absolute Gasteiger partial charge is 0.241 e. The average Bonchev–Trinajstić information content (AvgIpc) is 3.24. The Labute approximate surface area is 194 Å². The second kappa shape index (κ2) is 10.1.